The Labute approximate surface area is 189 Å². The predicted octanol–water partition coefficient (Wildman–Crippen LogP) is 4.59. The normalized spacial score (nSPS) is 11.0. The summed E-state index contributed by atoms with van der Waals surface area (Å²) in [5.41, 5.74) is 5.67. The third kappa shape index (κ3) is 5.31. The van der Waals surface area contributed by atoms with Gasteiger partial charge in [0.15, 0.2) is 0 Å². The Bertz CT molecular complexity index is 1170. The van der Waals surface area contributed by atoms with Gasteiger partial charge in [-0.05, 0) is 30.8 Å². The van der Waals surface area contributed by atoms with E-state index in [4.69, 9.17) is 5.10 Å². The molecule has 5 nitrogen and oxygen atoms in total. The quantitative estimate of drug-likeness (QED) is 0.450. The summed E-state index contributed by atoms with van der Waals surface area (Å²) in [6, 6.07) is 28.2. The number of hydrogen-bond acceptors (Lipinski definition) is 3. The van der Waals surface area contributed by atoms with Crippen molar-refractivity contribution in [1.82, 2.24) is 20.0 Å². The lowest BCUT2D eigenvalue weighted by Gasteiger charge is -2.14. The molecule has 0 saturated heterocycles. The molecular formula is C27H28N4O. The molecule has 0 saturated carbocycles. The van der Waals surface area contributed by atoms with E-state index in [1.54, 1.807) is 0 Å². The van der Waals surface area contributed by atoms with Gasteiger partial charge < -0.3 is 10.2 Å². The van der Waals surface area contributed by atoms with Gasteiger partial charge in [-0.2, -0.15) is 5.10 Å². The molecule has 0 aliphatic heterocycles. The molecule has 0 unspecified atom stereocenters. The van der Waals surface area contributed by atoms with Gasteiger partial charge in [0.2, 0.25) is 0 Å². The van der Waals surface area contributed by atoms with Gasteiger partial charge in [0.05, 0.1) is 12.1 Å². The first kappa shape index (κ1) is 21.5. The standard InChI is InChI=1S/C27H28N4O/c1-30(2)19-24-16-10-9-15-23(24)17-28-27(32)25-20-31(18-21-11-5-3-6-12-21)29-26(25)22-13-7-4-8-14-22/h3-16,20H,17-19H2,1-2H3,(H,28,32). The number of benzene rings is 3. The highest BCUT2D eigenvalue weighted by Crippen LogP contribution is 2.23. The molecule has 4 aromatic rings. The monoisotopic (exact) mass is 424 g/mol. The third-order valence-electron chi connectivity index (χ3n) is 5.29. The van der Waals surface area contributed by atoms with Gasteiger partial charge in [0.25, 0.3) is 5.91 Å². The van der Waals surface area contributed by atoms with Crippen LogP contribution in [0.1, 0.15) is 27.0 Å². The molecular weight excluding hydrogens is 396 g/mol. The van der Waals surface area contributed by atoms with Gasteiger partial charge in [-0.15, -0.1) is 0 Å². The summed E-state index contributed by atoms with van der Waals surface area (Å²) in [5.74, 6) is -0.122. The number of nitrogens with one attached hydrogen (secondary N) is 1. The summed E-state index contributed by atoms with van der Waals surface area (Å²) in [4.78, 5) is 15.4. The maximum Gasteiger partial charge on any atom is 0.255 e. The first-order chi connectivity index (χ1) is 15.6. The van der Waals surface area contributed by atoms with Crippen LogP contribution < -0.4 is 5.32 Å². The number of hydrogen-bond donors (Lipinski definition) is 1. The lowest BCUT2D eigenvalue weighted by Crippen LogP contribution is -2.24. The molecule has 32 heavy (non-hydrogen) atoms. The lowest BCUT2D eigenvalue weighted by atomic mass is 10.1. The van der Waals surface area contributed by atoms with E-state index in [0.717, 1.165) is 23.2 Å². The third-order valence-corrected chi connectivity index (χ3v) is 5.29. The van der Waals surface area contributed by atoms with Crippen molar-refractivity contribution in [3.8, 4) is 11.3 Å². The number of rotatable bonds is 8. The first-order valence-corrected chi connectivity index (χ1v) is 10.8. The van der Waals surface area contributed by atoms with Crippen molar-refractivity contribution in [2.24, 2.45) is 0 Å². The number of nitrogens with zero attached hydrogens (tertiary/aromatic N) is 3. The van der Waals surface area contributed by atoms with Crippen LogP contribution >= 0.6 is 0 Å². The fourth-order valence-corrected chi connectivity index (χ4v) is 3.74. The van der Waals surface area contributed by atoms with Gasteiger partial charge in [-0.25, -0.2) is 0 Å². The van der Waals surface area contributed by atoms with E-state index in [0.29, 0.717) is 24.3 Å². The summed E-state index contributed by atoms with van der Waals surface area (Å²) < 4.78 is 1.84. The summed E-state index contributed by atoms with van der Waals surface area (Å²) in [5, 5.41) is 7.86. The maximum absolute atomic E-state index is 13.2. The minimum atomic E-state index is -0.122. The van der Waals surface area contributed by atoms with Crippen LogP contribution in [0.15, 0.2) is 91.1 Å². The van der Waals surface area contributed by atoms with Crippen molar-refractivity contribution in [2.75, 3.05) is 14.1 Å². The average Bonchev–Trinajstić information content (AvgIpc) is 3.23. The Hall–Kier alpha value is -3.70. The van der Waals surface area contributed by atoms with Crippen molar-refractivity contribution < 1.29 is 4.79 Å². The fourth-order valence-electron chi connectivity index (χ4n) is 3.74. The van der Waals surface area contributed by atoms with E-state index in [1.807, 2.05) is 85.6 Å². The molecule has 5 heteroatoms. The van der Waals surface area contributed by atoms with Crippen LogP contribution in [0.5, 0.6) is 0 Å². The Morgan fingerprint density at radius 2 is 1.50 bits per heavy atom. The number of aromatic nitrogens is 2. The van der Waals surface area contributed by atoms with Crippen LogP contribution in [0, 0.1) is 0 Å². The van der Waals surface area contributed by atoms with Crippen molar-refractivity contribution in [1.29, 1.82) is 0 Å². The molecule has 162 valence electrons. The van der Waals surface area contributed by atoms with Crippen LogP contribution in [0.25, 0.3) is 11.3 Å². The summed E-state index contributed by atoms with van der Waals surface area (Å²) in [6.07, 6.45) is 1.84. The molecule has 0 fully saturated rings. The second kappa shape index (κ2) is 10.1. The van der Waals surface area contributed by atoms with E-state index in [2.05, 4.69) is 34.5 Å². The van der Waals surface area contributed by atoms with Crippen molar-refractivity contribution in [2.45, 2.75) is 19.6 Å². The molecule has 1 heterocycles. The molecule has 1 N–H and O–H groups in total. The highest BCUT2D eigenvalue weighted by Gasteiger charge is 2.18. The number of amides is 1. The smallest absolute Gasteiger partial charge is 0.255 e. The zero-order chi connectivity index (χ0) is 22.3. The molecule has 0 bridgehead atoms. The van der Waals surface area contributed by atoms with Crippen molar-refractivity contribution in [3.05, 3.63) is 113 Å². The SMILES string of the molecule is CN(C)Cc1ccccc1CNC(=O)c1cn(Cc2ccccc2)nc1-c1ccccc1. The molecule has 1 amide bonds. The largest absolute Gasteiger partial charge is 0.348 e. The van der Waals surface area contributed by atoms with Gasteiger partial charge in [-0.1, -0.05) is 84.9 Å². The van der Waals surface area contributed by atoms with E-state index < -0.39 is 0 Å². The Balaban J connectivity index is 1.58. The molecule has 0 aliphatic carbocycles. The van der Waals surface area contributed by atoms with E-state index in [9.17, 15) is 4.79 Å². The van der Waals surface area contributed by atoms with Crippen LogP contribution in [0.3, 0.4) is 0 Å². The highest BCUT2D eigenvalue weighted by molar-refractivity contribution is 5.99. The fraction of sp³-hybridized carbons (Fsp3) is 0.185. The minimum absolute atomic E-state index is 0.122. The maximum atomic E-state index is 13.2. The van der Waals surface area contributed by atoms with Crippen LogP contribution in [-0.4, -0.2) is 34.7 Å². The zero-order valence-electron chi connectivity index (χ0n) is 18.5. The number of carbonyl (C=O) groups is 1. The van der Waals surface area contributed by atoms with Gasteiger partial charge in [-0.3, -0.25) is 9.48 Å². The van der Waals surface area contributed by atoms with Gasteiger partial charge >= 0.3 is 0 Å². The van der Waals surface area contributed by atoms with Crippen LogP contribution in [0.4, 0.5) is 0 Å². The van der Waals surface area contributed by atoms with Gasteiger partial charge in [0.1, 0.15) is 5.69 Å². The molecule has 1 aromatic heterocycles. The summed E-state index contributed by atoms with van der Waals surface area (Å²) in [6.45, 7) is 1.91. The Morgan fingerprint density at radius 1 is 0.875 bits per heavy atom. The molecule has 0 radical (unpaired) electrons. The minimum Gasteiger partial charge on any atom is -0.348 e. The molecule has 4 rings (SSSR count). The second-order valence-corrected chi connectivity index (χ2v) is 8.13. The van der Waals surface area contributed by atoms with E-state index >= 15 is 0 Å². The van der Waals surface area contributed by atoms with E-state index in [1.165, 1.54) is 5.56 Å². The average molecular weight is 425 g/mol. The summed E-state index contributed by atoms with van der Waals surface area (Å²) >= 11 is 0. The Morgan fingerprint density at radius 3 is 2.19 bits per heavy atom. The highest BCUT2D eigenvalue weighted by atomic mass is 16.1. The zero-order valence-corrected chi connectivity index (χ0v) is 18.5. The molecule has 3 aromatic carbocycles. The second-order valence-electron chi connectivity index (χ2n) is 8.13. The van der Waals surface area contributed by atoms with Crippen molar-refractivity contribution in [3.63, 3.8) is 0 Å². The first-order valence-electron chi connectivity index (χ1n) is 10.8. The van der Waals surface area contributed by atoms with Gasteiger partial charge in [0, 0.05) is 24.8 Å². The predicted molar refractivity (Wildman–Crippen MR) is 128 cm³/mol. The van der Waals surface area contributed by atoms with Crippen LogP contribution in [0.2, 0.25) is 0 Å². The lowest BCUT2D eigenvalue weighted by molar-refractivity contribution is 0.0951. The topological polar surface area (TPSA) is 50.2 Å². The molecule has 0 aliphatic rings. The van der Waals surface area contributed by atoms with Crippen LogP contribution in [-0.2, 0) is 19.6 Å². The molecule has 0 atom stereocenters. The van der Waals surface area contributed by atoms with Crippen molar-refractivity contribution >= 4 is 5.91 Å². The Kier molecular flexibility index (Phi) is 6.78. The van der Waals surface area contributed by atoms with E-state index in [-0.39, 0.29) is 5.91 Å². The number of carbonyl (C=O) groups excluding carboxylic acids is 1. The summed E-state index contributed by atoms with van der Waals surface area (Å²) in [7, 11) is 4.09. The molecule has 0 spiro atoms.